The normalized spacial score (nSPS) is 10.2. The highest BCUT2D eigenvalue weighted by molar-refractivity contribution is 9.10. The largest absolute Gasteiger partial charge is 0.356 e. The molecule has 0 atom stereocenters. The third-order valence-corrected chi connectivity index (χ3v) is 3.71. The van der Waals surface area contributed by atoms with Gasteiger partial charge in [-0.05, 0) is 30.7 Å². The average Bonchev–Trinajstić information content (AvgIpc) is 2.45. The molecule has 21 heavy (non-hydrogen) atoms. The molecule has 1 N–H and O–H groups in total. The minimum Gasteiger partial charge on any atom is -0.356 e. The van der Waals surface area contributed by atoms with Gasteiger partial charge in [-0.25, -0.2) is 0 Å². The highest BCUT2D eigenvalue weighted by atomic mass is 79.9. The van der Waals surface area contributed by atoms with Crippen LogP contribution in [0.25, 0.3) is 0 Å². The van der Waals surface area contributed by atoms with Crippen molar-refractivity contribution in [1.29, 1.82) is 0 Å². The highest BCUT2D eigenvalue weighted by Gasteiger charge is 2.13. The zero-order valence-corrected chi connectivity index (χ0v) is 14.3. The van der Waals surface area contributed by atoms with Crippen molar-refractivity contribution >= 4 is 33.4 Å². The maximum Gasteiger partial charge on any atom is 0.223 e. The fourth-order valence-electron chi connectivity index (χ4n) is 1.99. The molecule has 0 fully saturated rings. The van der Waals surface area contributed by atoms with Gasteiger partial charge in [0.25, 0.3) is 0 Å². The molecule has 116 valence electrons. The Morgan fingerprint density at radius 1 is 1.19 bits per heavy atom. The maximum atomic E-state index is 11.8. The molecule has 0 aliphatic carbocycles. The number of hydrogen-bond donors (Lipinski definition) is 1. The van der Waals surface area contributed by atoms with Crippen molar-refractivity contribution in [2.24, 2.45) is 0 Å². The molecule has 0 saturated carbocycles. The quantitative estimate of drug-likeness (QED) is 0.726. The van der Waals surface area contributed by atoms with Crippen LogP contribution in [-0.2, 0) is 9.59 Å². The molecule has 0 heterocycles. The van der Waals surface area contributed by atoms with Crippen LogP contribution in [-0.4, -0.2) is 24.9 Å². The van der Waals surface area contributed by atoms with Gasteiger partial charge >= 0.3 is 0 Å². The van der Waals surface area contributed by atoms with E-state index in [1.54, 1.807) is 4.90 Å². The maximum absolute atomic E-state index is 11.8. The first-order valence-electron chi connectivity index (χ1n) is 7.35. The lowest BCUT2D eigenvalue weighted by atomic mass is 10.2. The monoisotopic (exact) mass is 354 g/mol. The van der Waals surface area contributed by atoms with E-state index in [0.29, 0.717) is 19.5 Å². The number of anilines is 1. The Morgan fingerprint density at radius 2 is 1.86 bits per heavy atom. The van der Waals surface area contributed by atoms with Gasteiger partial charge in [0.15, 0.2) is 0 Å². The molecule has 0 spiro atoms. The van der Waals surface area contributed by atoms with E-state index in [2.05, 4.69) is 28.2 Å². The molecule has 0 radical (unpaired) electrons. The van der Waals surface area contributed by atoms with E-state index in [9.17, 15) is 9.59 Å². The zero-order chi connectivity index (χ0) is 15.7. The SMILES string of the molecule is CCCCCNC(=O)CCN(C(C)=O)c1ccc(Br)cc1. The first-order valence-corrected chi connectivity index (χ1v) is 8.14. The van der Waals surface area contributed by atoms with Gasteiger partial charge < -0.3 is 10.2 Å². The van der Waals surface area contributed by atoms with Gasteiger partial charge in [0, 0.05) is 36.6 Å². The van der Waals surface area contributed by atoms with Crippen LogP contribution in [0.5, 0.6) is 0 Å². The highest BCUT2D eigenvalue weighted by Crippen LogP contribution is 2.18. The topological polar surface area (TPSA) is 49.4 Å². The number of nitrogens with one attached hydrogen (secondary N) is 1. The van der Waals surface area contributed by atoms with E-state index < -0.39 is 0 Å². The van der Waals surface area contributed by atoms with Gasteiger partial charge in [0.1, 0.15) is 0 Å². The lowest BCUT2D eigenvalue weighted by molar-refractivity contribution is -0.121. The molecule has 0 aromatic heterocycles. The van der Waals surface area contributed by atoms with Crippen molar-refractivity contribution < 1.29 is 9.59 Å². The number of benzene rings is 1. The molecule has 1 aromatic carbocycles. The van der Waals surface area contributed by atoms with E-state index in [-0.39, 0.29) is 11.8 Å². The summed E-state index contributed by atoms with van der Waals surface area (Å²) in [4.78, 5) is 25.1. The number of carbonyl (C=O) groups excluding carboxylic acids is 2. The van der Waals surface area contributed by atoms with Gasteiger partial charge in [-0.2, -0.15) is 0 Å². The smallest absolute Gasteiger partial charge is 0.223 e. The molecule has 2 amide bonds. The molecule has 0 saturated heterocycles. The summed E-state index contributed by atoms with van der Waals surface area (Å²) in [5.74, 6) is -0.0643. The van der Waals surface area contributed by atoms with Crippen molar-refractivity contribution in [3.63, 3.8) is 0 Å². The molecule has 1 rings (SSSR count). The van der Waals surface area contributed by atoms with Crippen LogP contribution in [0.4, 0.5) is 5.69 Å². The van der Waals surface area contributed by atoms with E-state index >= 15 is 0 Å². The number of rotatable bonds is 8. The minimum atomic E-state index is -0.0592. The number of nitrogens with zero attached hydrogens (tertiary/aromatic N) is 1. The Morgan fingerprint density at radius 3 is 2.43 bits per heavy atom. The summed E-state index contributed by atoms with van der Waals surface area (Å²) in [6, 6.07) is 7.50. The summed E-state index contributed by atoms with van der Waals surface area (Å²) in [6.07, 6.45) is 3.59. The predicted octanol–water partition coefficient (Wildman–Crippen LogP) is 3.50. The molecule has 4 nitrogen and oxygen atoms in total. The Labute approximate surface area is 135 Å². The molecule has 5 heteroatoms. The summed E-state index contributed by atoms with van der Waals surface area (Å²) >= 11 is 3.37. The van der Waals surface area contributed by atoms with Gasteiger partial charge in [-0.1, -0.05) is 35.7 Å². The van der Waals surface area contributed by atoms with Crippen LogP contribution >= 0.6 is 15.9 Å². The molecular weight excluding hydrogens is 332 g/mol. The summed E-state index contributed by atoms with van der Waals surface area (Å²) in [5, 5.41) is 2.89. The summed E-state index contributed by atoms with van der Waals surface area (Å²) in [5.41, 5.74) is 0.810. The Balaban J connectivity index is 2.46. The van der Waals surface area contributed by atoms with Crippen molar-refractivity contribution in [2.45, 2.75) is 39.5 Å². The van der Waals surface area contributed by atoms with E-state index in [0.717, 1.165) is 29.4 Å². The lowest BCUT2D eigenvalue weighted by Crippen LogP contribution is -2.34. The van der Waals surface area contributed by atoms with E-state index in [1.165, 1.54) is 6.92 Å². The second kappa shape index (κ2) is 9.55. The zero-order valence-electron chi connectivity index (χ0n) is 12.7. The number of amides is 2. The van der Waals surface area contributed by atoms with Gasteiger partial charge in [0.2, 0.25) is 11.8 Å². The number of halogens is 1. The van der Waals surface area contributed by atoms with Crippen LogP contribution in [0.3, 0.4) is 0 Å². The molecular formula is C16H23BrN2O2. The third-order valence-electron chi connectivity index (χ3n) is 3.18. The van der Waals surface area contributed by atoms with Gasteiger partial charge in [-0.15, -0.1) is 0 Å². The van der Waals surface area contributed by atoms with Crippen molar-refractivity contribution in [1.82, 2.24) is 5.32 Å². The summed E-state index contributed by atoms with van der Waals surface area (Å²) < 4.78 is 0.961. The lowest BCUT2D eigenvalue weighted by Gasteiger charge is -2.21. The Kier molecular flexibility index (Phi) is 8.05. The fourth-order valence-corrected chi connectivity index (χ4v) is 2.26. The first kappa shape index (κ1) is 17.7. The molecule has 0 unspecified atom stereocenters. The van der Waals surface area contributed by atoms with Crippen molar-refractivity contribution in [3.05, 3.63) is 28.7 Å². The van der Waals surface area contributed by atoms with E-state index in [4.69, 9.17) is 0 Å². The molecule has 0 bridgehead atoms. The Hall–Kier alpha value is -1.36. The van der Waals surface area contributed by atoms with Crippen LogP contribution in [0, 0.1) is 0 Å². The average molecular weight is 355 g/mol. The number of hydrogen-bond acceptors (Lipinski definition) is 2. The van der Waals surface area contributed by atoms with Crippen LogP contribution in [0.1, 0.15) is 39.5 Å². The summed E-state index contributed by atoms with van der Waals surface area (Å²) in [7, 11) is 0. The summed E-state index contributed by atoms with van der Waals surface area (Å²) in [6.45, 7) is 4.76. The minimum absolute atomic E-state index is 0.00513. The molecule has 1 aromatic rings. The number of unbranched alkanes of at least 4 members (excludes halogenated alkanes) is 2. The van der Waals surface area contributed by atoms with Gasteiger partial charge in [-0.3, -0.25) is 9.59 Å². The van der Waals surface area contributed by atoms with Crippen molar-refractivity contribution in [2.75, 3.05) is 18.0 Å². The second-order valence-electron chi connectivity index (χ2n) is 4.95. The Bertz CT molecular complexity index is 460. The molecule has 0 aliphatic rings. The first-order chi connectivity index (χ1) is 10.0. The van der Waals surface area contributed by atoms with Crippen molar-refractivity contribution in [3.8, 4) is 0 Å². The third kappa shape index (κ3) is 6.76. The number of carbonyl (C=O) groups is 2. The van der Waals surface area contributed by atoms with Crippen LogP contribution in [0.15, 0.2) is 28.7 Å². The standard InChI is InChI=1S/C16H23BrN2O2/c1-3-4-5-11-18-16(21)10-12-19(13(2)20)15-8-6-14(17)7-9-15/h6-9H,3-5,10-12H2,1-2H3,(H,18,21). The second-order valence-corrected chi connectivity index (χ2v) is 5.87. The van der Waals surface area contributed by atoms with E-state index in [1.807, 2.05) is 24.3 Å². The van der Waals surface area contributed by atoms with Crippen LogP contribution in [0.2, 0.25) is 0 Å². The van der Waals surface area contributed by atoms with Gasteiger partial charge in [0.05, 0.1) is 0 Å². The van der Waals surface area contributed by atoms with Crippen LogP contribution < -0.4 is 10.2 Å². The fraction of sp³-hybridized carbons (Fsp3) is 0.500. The molecule has 0 aliphatic heterocycles. The predicted molar refractivity (Wildman–Crippen MR) is 89.3 cm³/mol.